The third-order valence-electron chi connectivity index (χ3n) is 3.73. The number of sulfonamides is 1. The topological polar surface area (TPSA) is 81.7 Å². The van der Waals surface area contributed by atoms with Crippen LogP contribution in [0.25, 0.3) is 0 Å². The molecule has 2 aromatic rings. The Balaban J connectivity index is 2.08. The van der Waals surface area contributed by atoms with Gasteiger partial charge in [-0.15, -0.1) is 0 Å². The first-order valence-electron chi connectivity index (χ1n) is 7.69. The summed E-state index contributed by atoms with van der Waals surface area (Å²) in [6, 6.07) is 11.4. The normalized spacial score (nSPS) is 11.2. The van der Waals surface area contributed by atoms with Gasteiger partial charge in [0.05, 0.1) is 19.1 Å². The Labute approximate surface area is 147 Å². The maximum atomic E-state index is 12.4. The monoisotopic (exact) mass is 363 g/mol. The number of carbonyl (C=O) groups excluding carboxylic acids is 1. The van der Waals surface area contributed by atoms with Gasteiger partial charge in [-0.2, -0.15) is 0 Å². The Morgan fingerprint density at radius 1 is 1.08 bits per heavy atom. The average Bonchev–Trinajstić information content (AvgIpc) is 2.61. The summed E-state index contributed by atoms with van der Waals surface area (Å²) in [5.74, 6) is 1.12. The quantitative estimate of drug-likeness (QED) is 0.729. The van der Waals surface area contributed by atoms with E-state index in [0.29, 0.717) is 23.5 Å². The van der Waals surface area contributed by atoms with E-state index in [2.05, 4.69) is 4.72 Å². The van der Waals surface area contributed by atoms with Gasteiger partial charge < -0.3 is 9.47 Å². The van der Waals surface area contributed by atoms with Crippen LogP contribution in [0.4, 0.5) is 0 Å². The Hall–Kier alpha value is -2.38. The molecule has 0 saturated carbocycles. The molecule has 0 radical (unpaired) electrons. The summed E-state index contributed by atoms with van der Waals surface area (Å²) in [4.78, 5) is 11.5. The van der Waals surface area contributed by atoms with Gasteiger partial charge in [0.15, 0.2) is 5.78 Å². The lowest BCUT2D eigenvalue weighted by Gasteiger charge is -2.11. The SMILES string of the molecule is COc1ccc(CCNS(=O)(=O)c2cccc(C(C)=O)c2)c(OC)c1. The molecule has 0 spiro atoms. The molecule has 2 aromatic carbocycles. The van der Waals surface area contributed by atoms with Crippen molar-refractivity contribution in [1.82, 2.24) is 4.72 Å². The molecular formula is C18H21NO5S. The van der Waals surface area contributed by atoms with Gasteiger partial charge in [-0.25, -0.2) is 13.1 Å². The van der Waals surface area contributed by atoms with Gasteiger partial charge in [0, 0.05) is 18.2 Å². The molecule has 25 heavy (non-hydrogen) atoms. The minimum absolute atomic E-state index is 0.0712. The molecule has 1 N–H and O–H groups in total. The van der Waals surface area contributed by atoms with Crippen molar-refractivity contribution in [3.05, 3.63) is 53.6 Å². The van der Waals surface area contributed by atoms with E-state index in [-0.39, 0.29) is 17.2 Å². The zero-order chi connectivity index (χ0) is 18.4. The van der Waals surface area contributed by atoms with Crippen LogP contribution >= 0.6 is 0 Å². The summed E-state index contributed by atoms with van der Waals surface area (Å²) in [6.07, 6.45) is 0.457. The number of hydrogen-bond acceptors (Lipinski definition) is 5. The molecule has 2 rings (SSSR count). The highest BCUT2D eigenvalue weighted by molar-refractivity contribution is 7.89. The van der Waals surface area contributed by atoms with Crippen molar-refractivity contribution < 1.29 is 22.7 Å². The molecule has 0 bridgehead atoms. The van der Waals surface area contributed by atoms with Crippen molar-refractivity contribution in [2.24, 2.45) is 0 Å². The second kappa shape index (κ2) is 8.13. The van der Waals surface area contributed by atoms with E-state index in [1.54, 1.807) is 38.5 Å². The molecule has 134 valence electrons. The van der Waals surface area contributed by atoms with E-state index in [4.69, 9.17) is 9.47 Å². The molecule has 0 aliphatic heterocycles. The highest BCUT2D eigenvalue weighted by Gasteiger charge is 2.15. The molecule has 0 aromatic heterocycles. The first-order valence-corrected chi connectivity index (χ1v) is 9.17. The summed E-state index contributed by atoms with van der Waals surface area (Å²) in [6.45, 7) is 1.60. The Kier molecular flexibility index (Phi) is 6.17. The van der Waals surface area contributed by atoms with E-state index in [1.807, 2.05) is 6.07 Å². The van der Waals surface area contributed by atoms with Crippen molar-refractivity contribution in [2.75, 3.05) is 20.8 Å². The van der Waals surface area contributed by atoms with Crippen LogP contribution < -0.4 is 14.2 Å². The molecule has 0 saturated heterocycles. The number of ether oxygens (including phenoxy) is 2. The number of rotatable bonds is 8. The van der Waals surface area contributed by atoms with Gasteiger partial charge in [0.2, 0.25) is 10.0 Å². The predicted octanol–water partition coefficient (Wildman–Crippen LogP) is 2.43. The number of hydrogen-bond donors (Lipinski definition) is 1. The Morgan fingerprint density at radius 2 is 1.84 bits per heavy atom. The lowest BCUT2D eigenvalue weighted by molar-refractivity contribution is 0.101. The van der Waals surface area contributed by atoms with Crippen molar-refractivity contribution in [3.8, 4) is 11.5 Å². The summed E-state index contributed by atoms with van der Waals surface area (Å²) in [7, 11) is -0.568. The van der Waals surface area contributed by atoms with E-state index >= 15 is 0 Å². The lowest BCUT2D eigenvalue weighted by atomic mass is 10.1. The van der Waals surface area contributed by atoms with Crippen LogP contribution in [0, 0.1) is 0 Å². The fourth-order valence-electron chi connectivity index (χ4n) is 2.34. The summed E-state index contributed by atoms with van der Waals surface area (Å²) < 4.78 is 37.7. The number of carbonyl (C=O) groups is 1. The second-order valence-corrected chi connectivity index (χ2v) is 7.18. The fraction of sp³-hybridized carbons (Fsp3) is 0.278. The molecule has 0 atom stereocenters. The number of ketones is 1. The van der Waals surface area contributed by atoms with E-state index in [9.17, 15) is 13.2 Å². The standard InChI is InChI=1S/C18H21NO5S/c1-13(20)15-5-4-6-17(11-15)25(21,22)19-10-9-14-7-8-16(23-2)12-18(14)24-3/h4-8,11-12,19H,9-10H2,1-3H3. The summed E-state index contributed by atoms with van der Waals surface area (Å²) >= 11 is 0. The highest BCUT2D eigenvalue weighted by atomic mass is 32.2. The smallest absolute Gasteiger partial charge is 0.240 e. The van der Waals surface area contributed by atoms with Crippen LogP contribution in [-0.2, 0) is 16.4 Å². The first kappa shape index (κ1) is 19.0. The van der Waals surface area contributed by atoms with Crippen LogP contribution in [0.5, 0.6) is 11.5 Å². The van der Waals surface area contributed by atoms with Crippen LogP contribution in [0.3, 0.4) is 0 Å². The third-order valence-corrected chi connectivity index (χ3v) is 5.19. The zero-order valence-electron chi connectivity index (χ0n) is 14.4. The van der Waals surface area contributed by atoms with Crippen LogP contribution in [-0.4, -0.2) is 35.0 Å². The van der Waals surface area contributed by atoms with Crippen molar-refractivity contribution in [1.29, 1.82) is 0 Å². The van der Waals surface area contributed by atoms with Gasteiger partial charge >= 0.3 is 0 Å². The molecule has 0 fully saturated rings. The van der Waals surface area contributed by atoms with Crippen molar-refractivity contribution >= 4 is 15.8 Å². The Morgan fingerprint density at radius 3 is 2.48 bits per heavy atom. The van der Waals surface area contributed by atoms with Gasteiger partial charge in [0.1, 0.15) is 11.5 Å². The van der Waals surface area contributed by atoms with Crippen LogP contribution in [0.2, 0.25) is 0 Å². The maximum Gasteiger partial charge on any atom is 0.240 e. The number of Topliss-reactive ketones (excluding diaryl/α,β-unsaturated/α-hetero) is 1. The Bertz CT molecular complexity index is 862. The third kappa shape index (κ3) is 4.80. The molecule has 0 heterocycles. The molecule has 0 amide bonds. The second-order valence-electron chi connectivity index (χ2n) is 5.41. The fourth-order valence-corrected chi connectivity index (χ4v) is 3.42. The average molecular weight is 363 g/mol. The van der Waals surface area contributed by atoms with E-state index in [1.165, 1.54) is 19.1 Å². The summed E-state index contributed by atoms with van der Waals surface area (Å²) in [5, 5.41) is 0. The molecule has 7 heteroatoms. The molecule has 0 unspecified atom stereocenters. The molecule has 0 aliphatic rings. The number of methoxy groups -OCH3 is 2. The maximum absolute atomic E-state index is 12.4. The molecule has 6 nitrogen and oxygen atoms in total. The number of nitrogens with one attached hydrogen (secondary N) is 1. The zero-order valence-corrected chi connectivity index (χ0v) is 15.2. The van der Waals surface area contributed by atoms with E-state index in [0.717, 1.165) is 5.56 Å². The van der Waals surface area contributed by atoms with Gasteiger partial charge in [-0.05, 0) is 37.1 Å². The lowest BCUT2D eigenvalue weighted by Crippen LogP contribution is -2.26. The molecular weight excluding hydrogens is 342 g/mol. The minimum atomic E-state index is -3.69. The van der Waals surface area contributed by atoms with Gasteiger partial charge in [-0.1, -0.05) is 18.2 Å². The molecule has 0 aliphatic carbocycles. The number of benzene rings is 2. The van der Waals surface area contributed by atoms with Crippen molar-refractivity contribution in [2.45, 2.75) is 18.2 Å². The van der Waals surface area contributed by atoms with Gasteiger partial charge in [-0.3, -0.25) is 4.79 Å². The highest BCUT2D eigenvalue weighted by Crippen LogP contribution is 2.24. The predicted molar refractivity (Wildman–Crippen MR) is 94.9 cm³/mol. The van der Waals surface area contributed by atoms with Crippen molar-refractivity contribution in [3.63, 3.8) is 0 Å². The van der Waals surface area contributed by atoms with E-state index < -0.39 is 10.0 Å². The van der Waals surface area contributed by atoms with Crippen LogP contribution in [0.15, 0.2) is 47.4 Å². The first-order chi connectivity index (χ1) is 11.9. The summed E-state index contributed by atoms with van der Waals surface area (Å²) in [5.41, 5.74) is 1.23. The van der Waals surface area contributed by atoms with Crippen LogP contribution in [0.1, 0.15) is 22.8 Å². The van der Waals surface area contributed by atoms with Gasteiger partial charge in [0.25, 0.3) is 0 Å². The largest absolute Gasteiger partial charge is 0.497 e. The minimum Gasteiger partial charge on any atom is -0.497 e.